The lowest BCUT2D eigenvalue weighted by Gasteiger charge is -2.26. The summed E-state index contributed by atoms with van der Waals surface area (Å²) < 4.78 is 0. The van der Waals surface area contributed by atoms with Crippen LogP contribution in [-0.4, -0.2) is 29.9 Å². The van der Waals surface area contributed by atoms with Gasteiger partial charge in [-0.05, 0) is 69.0 Å². The van der Waals surface area contributed by atoms with Crippen LogP contribution in [0.5, 0.6) is 0 Å². The summed E-state index contributed by atoms with van der Waals surface area (Å²) in [5.74, 6) is 0.0232. The number of aryl methyl sites for hydroxylation is 1. The molecule has 1 aliphatic rings. The number of piperidine rings is 1. The van der Waals surface area contributed by atoms with Gasteiger partial charge in [-0.25, -0.2) is 0 Å². The molecule has 0 unspecified atom stereocenters. The zero-order chi connectivity index (χ0) is 18.2. The van der Waals surface area contributed by atoms with Gasteiger partial charge in [-0.1, -0.05) is 48.9 Å². The van der Waals surface area contributed by atoms with Gasteiger partial charge >= 0.3 is 0 Å². The molecule has 0 radical (unpaired) electrons. The summed E-state index contributed by atoms with van der Waals surface area (Å²) in [5, 5.41) is 3.12. The van der Waals surface area contributed by atoms with Gasteiger partial charge in [0.2, 0.25) is 0 Å². The van der Waals surface area contributed by atoms with Gasteiger partial charge in [-0.2, -0.15) is 0 Å². The normalized spacial score (nSPS) is 16.2. The zero-order valence-corrected chi connectivity index (χ0v) is 15.8. The lowest BCUT2D eigenvalue weighted by molar-refractivity contribution is 0.0938. The van der Waals surface area contributed by atoms with Crippen LogP contribution < -0.4 is 5.32 Å². The van der Waals surface area contributed by atoms with Crippen LogP contribution >= 0.6 is 0 Å². The van der Waals surface area contributed by atoms with Crippen LogP contribution in [0.1, 0.15) is 54.1 Å². The van der Waals surface area contributed by atoms with Crippen LogP contribution in [0.25, 0.3) is 0 Å². The van der Waals surface area contributed by atoms with E-state index in [-0.39, 0.29) is 11.9 Å². The average molecular weight is 351 g/mol. The van der Waals surface area contributed by atoms with E-state index >= 15 is 0 Å². The van der Waals surface area contributed by atoms with E-state index in [4.69, 9.17) is 0 Å². The number of hydrogen-bond acceptors (Lipinski definition) is 2. The van der Waals surface area contributed by atoms with Gasteiger partial charge in [0.25, 0.3) is 5.91 Å². The minimum Gasteiger partial charge on any atom is -0.350 e. The Morgan fingerprint density at radius 3 is 2.35 bits per heavy atom. The van der Waals surface area contributed by atoms with Crippen molar-refractivity contribution in [3.8, 4) is 0 Å². The van der Waals surface area contributed by atoms with Crippen molar-refractivity contribution in [3.63, 3.8) is 0 Å². The molecule has 1 aliphatic heterocycles. The van der Waals surface area contributed by atoms with Gasteiger partial charge in [0.1, 0.15) is 0 Å². The van der Waals surface area contributed by atoms with Crippen molar-refractivity contribution in [2.75, 3.05) is 13.1 Å². The van der Waals surface area contributed by atoms with E-state index in [1.165, 1.54) is 43.5 Å². The van der Waals surface area contributed by atoms with E-state index in [0.717, 1.165) is 24.9 Å². The number of nitrogens with one attached hydrogen (secondary N) is 1. The first-order chi connectivity index (χ1) is 12.7. The standard InChI is InChI=1S/C23H30N2O/c1-19(10-11-20-8-4-2-5-9-20)24-23(26)22-14-12-21(13-15-22)18-25-16-6-3-7-17-25/h2,4-5,8-9,12-15,19H,3,6-7,10-11,16-18H2,1H3,(H,24,26)/t19-/m1/s1. The molecular formula is C23H30N2O. The third kappa shape index (κ3) is 5.70. The molecule has 1 atom stereocenters. The second-order valence-electron chi connectivity index (χ2n) is 7.43. The summed E-state index contributed by atoms with van der Waals surface area (Å²) in [6.45, 7) is 5.46. The van der Waals surface area contributed by atoms with Crippen LogP contribution in [0.4, 0.5) is 0 Å². The molecule has 0 aliphatic carbocycles. The fourth-order valence-electron chi connectivity index (χ4n) is 3.54. The van der Waals surface area contributed by atoms with Crippen LogP contribution in [0.15, 0.2) is 54.6 Å². The molecular weight excluding hydrogens is 320 g/mol. The average Bonchev–Trinajstić information content (AvgIpc) is 2.68. The topological polar surface area (TPSA) is 32.3 Å². The molecule has 3 nitrogen and oxygen atoms in total. The highest BCUT2D eigenvalue weighted by atomic mass is 16.1. The molecule has 0 spiro atoms. The number of likely N-dealkylation sites (tertiary alicyclic amines) is 1. The number of nitrogens with zero attached hydrogens (tertiary/aromatic N) is 1. The molecule has 1 heterocycles. The van der Waals surface area contributed by atoms with Crippen molar-refractivity contribution < 1.29 is 4.79 Å². The van der Waals surface area contributed by atoms with Crippen molar-refractivity contribution in [3.05, 3.63) is 71.3 Å². The van der Waals surface area contributed by atoms with Crippen LogP contribution in [0, 0.1) is 0 Å². The summed E-state index contributed by atoms with van der Waals surface area (Å²) in [6, 6.07) is 18.7. The van der Waals surface area contributed by atoms with Gasteiger partial charge in [0, 0.05) is 18.2 Å². The fraction of sp³-hybridized carbons (Fsp3) is 0.435. The molecule has 0 saturated carbocycles. The Kier molecular flexibility index (Phi) is 6.84. The highest BCUT2D eigenvalue weighted by Gasteiger charge is 2.12. The number of carbonyl (C=O) groups is 1. The first kappa shape index (κ1) is 18.7. The smallest absolute Gasteiger partial charge is 0.251 e. The molecule has 3 rings (SSSR count). The predicted octanol–water partition coefficient (Wildman–Crippen LogP) is 4.42. The monoisotopic (exact) mass is 350 g/mol. The molecule has 138 valence electrons. The third-order valence-electron chi connectivity index (χ3n) is 5.16. The molecule has 26 heavy (non-hydrogen) atoms. The minimum atomic E-state index is 0.0232. The summed E-state index contributed by atoms with van der Waals surface area (Å²) in [7, 11) is 0. The zero-order valence-electron chi connectivity index (χ0n) is 15.8. The summed E-state index contributed by atoms with van der Waals surface area (Å²) >= 11 is 0. The molecule has 2 aromatic rings. The summed E-state index contributed by atoms with van der Waals surface area (Å²) in [5.41, 5.74) is 3.36. The summed E-state index contributed by atoms with van der Waals surface area (Å²) in [6.07, 6.45) is 5.90. The number of amides is 1. The molecule has 1 fully saturated rings. The number of carbonyl (C=O) groups excluding carboxylic acids is 1. The predicted molar refractivity (Wildman–Crippen MR) is 107 cm³/mol. The Labute approximate surface area is 157 Å². The van der Waals surface area contributed by atoms with Crippen molar-refractivity contribution in [1.29, 1.82) is 0 Å². The van der Waals surface area contributed by atoms with E-state index in [2.05, 4.69) is 53.5 Å². The second kappa shape index (κ2) is 9.54. The largest absolute Gasteiger partial charge is 0.350 e. The maximum atomic E-state index is 12.4. The van der Waals surface area contributed by atoms with E-state index in [1.807, 2.05) is 18.2 Å². The molecule has 1 saturated heterocycles. The first-order valence-corrected chi connectivity index (χ1v) is 9.87. The Morgan fingerprint density at radius 1 is 0.962 bits per heavy atom. The highest BCUT2D eigenvalue weighted by Crippen LogP contribution is 2.14. The SMILES string of the molecule is C[C@H](CCc1ccccc1)NC(=O)c1ccc(CN2CCCCC2)cc1. The maximum absolute atomic E-state index is 12.4. The van der Waals surface area contributed by atoms with Gasteiger partial charge in [-0.15, -0.1) is 0 Å². The van der Waals surface area contributed by atoms with Gasteiger partial charge < -0.3 is 5.32 Å². The van der Waals surface area contributed by atoms with Crippen molar-refractivity contribution >= 4 is 5.91 Å². The number of benzene rings is 2. The van der Waals surface area contributed by atoms with Crippen molar-refractivity contribution in [1.82, 2.24) is 10.2 Å². The lowest BCUT2D eigenvalue weighted by Crippen LogP contribution is -2.33. The molecule has 1 N–H and O–H groups in total. The Hall–Kier alpha value is -2.13. The second-order valence-corrected chi connectivity index (χ2v) is 7.43. The fourth-order valence-corrected chi connectivity index (χ4v) is 3.54. The Bertz CT molecular complexity index is 675. The quantitative estimate of drug-likeness (QED) is 0.801. The maximum Gasteiger partial charge on any atom is 0.251 e. The lowest BCUT2D eigenvalue weighted by atomic mass is 10.1. The Balaban J connectivity index is 1.46. The molecule has 0 bridgehead atoms. The number of rotatable bonds is 7. The van der Waals surface area contributed by atoms with Gasteiger partial charge in [0.15, 0.2) is 0 Å². The Morgan fingerprint density at radius 2 is 1.65 bits per heavy atom. The van der Waals surface area contributed by atoms with Crippen LogP contribution in [0.2, 0.25) is 0 Å². The van der Waals surface area contributed by atoms with E-state index in [9.17, 15) is 4.79 Å². The van der Waals surface area contributed by atoms with Crippen LogP contribution in [0.3, 0.4) is 0 Å². The van der Waals surface area contributed by atoms with E-state index in [0.29, 0.717) is 0 Å². The minimum absolute atomic E-state index is 0.0232. The van der Waals surface area contributed by atoms with E-state index in [1.54, 1.807) is 0 Å². The number of hydrogen-bond donors (Lipinski definition) is 1. The van der Waals surface area contributed by atoms with E-state index < -0.39 is 0 Å². The molecule has 3 heteroatoms. The molecule has 1 amide bonds. The van der Waals surface area contributed by atoms with Crippen molar-refractivity contribution in [2.24, 2.45) is 0 Å². The van der Waals surface area contributed by atoms with Crippen molar-refractivity contribution in [2.45, 2.75) is 51.6 Å². The van der Waals surface area contributed by atoms with Gasteiger partial charge in [0.05, 0.1) is 0 Å². The summed E-state index contributed by atoms with van der Waals surface area (Å²) in [4.78, 5) is 15.0. The molecule has 0 aromatic heterocycles. The first-order valence-electron chi connectivity index (χ1n) is 9.87. The highest BCUT2D eigenvalue weighted by molar-refractivity contribution is 5.94. The van der Waals surface area contributed by atoms with Gasteiger partial charge in [-0.3, -0.25) is 9.69 Å². The molecule has 2 aromatic carbocycles. The third-order valence-corrected chi connectivity index (χ3v) is 5.16. The van der Waals surface area contributed by atoms with Crippen LogP contribution in [-0.2, 0) is 13.0 Å².